The summed E-state index contributed by atoms with van der Waals surface area (Å²) in [4.78, 5) is 13.1. The Bertz CT molecular complexity index is 562. The maximum atomic E-state index is 11.3. The Morgan fingerprint density at radius 2 is 2.11 bits per heavy atom. The van der Waals surface area contributed by atoms with Gasteiger partial charge < -0.3 is 5.11 Å². The van der Waals surface area contributed by atoms with Crippen molar-refractivity contribution in [1.82, 2.24) is 5.32 Å². The fourth-order valence-corrected chi connectivity index (χ4v) is 2.61. The molecular formula is C14H15NO2S. The molecule has 2 aromatic rings. The minimum Gasteiger partial charge on any atom is -0.374 e. The Hall–Kier alpha value is -1.49. The van der Waals surface area contributed by atoms with Crippen LogP contribution >= 0.6 is 11.3 Å². The number of thiophene rings is 1. The highest BCUT2D eigenvalue weighted by atomic mass is 32.1. The number of aliphatic hydroxyl groups is 1. The second-order valence-electron chi connectivity index (χ2n) is 4.04. The average Bonchev–Trinajstić information content (AvgIpc) is 2.88. The molecule has 0 bridgehead atoms. The molecule has 1 heterocycles. The zero-order chi connectivity index (χ0) is 13.1. The van der Waals surface area contributed by atoms with Crippen LogP contribution in [0.25, 0.3) is 10.4 Å². The van der Waals surface area contributed by atoms with E-state index in [-0.39, 0.29) is 5.78 Å². The molecule has 1 unspecified atom stereocenters. The van der Waals surface area contributed by atoms with Crippen molar-refractivity contribution in [2.24, 2.45) is 0 Å². The van der Waals surface area contributed by atoms with Crippen LogP contribution in [0.1, 0.15) is 28.4 Å². The highest BCUT2D eigenvalue weighted by molar-refractivity contribution is 7.17. The van der Waals surface area contributed by atoms with Crippen LogP contribution in [0, 0.1) is 0 Å². The molecule has 0 fully saturated rings. The van der Waals surface area contributed by atoms with E-state index in [0.29, 0.717) is 0 Å². The van der Waals surface area contributed by atoms with E-state index in [1.807, 2.05) is 36.4 Å². The Labute approximate surface area is 110 Å². The van der Waals surface area contributed by atoms with E-state index in [1.165, 1.54) is 11.3 Å². The van der Waals surface area contributed by atoms with Gasteiger partial charge in [0.2, 0.25) is 0 Å². The van der Waals surface area contributed by atoms with Crippen LogP contribution in [-0.2, 0) is 0 Å². The van der Waals surface area contributed by atoms with Gasteiger partial charge in [0.1, 0.15) is 6.23 Å². The van der Waals surface area contributed by atoms with E-state index in [2.05, 4.69) is 5.32 Å². The summed E-state index contributed by atoms with van der Waals surface area (Å²) >= 11 is 1.47. The standard InChI is InChI=1S/C14H15NO2S/c1-9(16)12-6-7-13(18-12)10-4-3-5-11(8-10)14(17)15-2/h3-8,14-15,17H,1-2H3. The van der Waals surface area contributed by atoms with Gasteiger partial charge in [0.25, 0.3) is 0 Å². The van der Waals surface area contributed by atoms with Crippen LogP contribution in [0.4, 0.5) is 0 Å². The van der Waals surface area contributed by atoms with Crippen molar-refractivity contribution in [2.75, 3.05) is 7.05 Å². The third kappa shape index (κ3) is 2.67. The largest absolute Gasteiger partial charge is 0.374 e. The number of carbonyl (C=O) groups is 1. The fraction of sp³-hybridized carbons (Fsp3) is 0.214. The van der Waals surface area contributed by atoms with E-state index in [1.54, 1.807) is 14.0 Å². The van der Waals surface area contributed by atoms with Gasteiger partial charge in [-0.15, -0.1) is 11.3 Å². The summed E-state index contributed by atoms with van der Waals surface area (Å²) in [6, 6.07) is 11.4. The molecule has 0 aliphatic heterocycles. The number of hydrogen-bond acceptors (Lipinski definition) is 4. The second kappa shape index (κ2) is 5.44. The minimum atomic E-state index is -0.669. The smallest absolute Gasteiger partial charge is 0.169 e. The third-order valence-electron chi connectivity index (χ3n) is 2.71. The molecule has 0 aliphatic rings. The molecular weight excluding hydrogens is 246 g/mol. The number of hydrogen-bond donors (Lipinski definition) is 2. The van der Waals surface area contributed by atoms with Crippen molar-refractivity contribution < 1.29 is 9.90 Å². The summed E-state index contributed by atoms with van der Waals surface area (Å²) in [5, 5.41) is 12.5. The molecule has 0 spiro atoms. The molecule has 18 heavy (non-hydrogen) atoms. The van der Waals surface area contributed by atoms with E-state index in [9.17, 15) is 9.90 Å². The number of benzene rings is 1. The number of rotatable bonds is 4. The number of Topliss-reactive ketones (excluding diaryl/α,β-unsaturated/α-hetero) is 1. The summed E-state index contributed by atoms with van der Waals surface area (Å²) in [5.74, 6) is 0.0812. The average molecular weight is 261 g/mol. The van der Waals surface area contributed by atoms with Crippen LogP contribution in [-0.4, -0.2) is 17.9 Å². The molecule has 0 radical (unpaired) electrons. The van der Waals surface area contributed by atoms with Crippen molar-refractivity contribution in [3.8, 4) is 10.4 Å². The van der Waals surface area contributed by atoms with Crippen LogP contribution in [0.5, 0.6) is 0 Å². The molecule has 3 nitrogen and oxygen atoms in total. The predicted molar refractivity (Wildman–Crippen MR) is 73.8 cm³/mol. The molecule has 0 saturated carbocycles. The summed E-state index contributed by atoms with van der Waals surface area (Å²) in [5.41, 5.74) is 1.83. The molecule has 0 saturated heterocycles. The summed E-state index contributed by atoms with van der Waals surface area (Å²) in [6.07, 6.45) is -0.669. The quantitative estimate of drug-likeness (QED) is 0.657. The minimum absolute atomic E-state index is 0.0812. The first-order valence-electron chi connectivity index (χ1n) is 5.68. The van der Waals surface area contributed by atoms with Gasteiger partial charge in [0.15, 0.2) is 5.78 Å². The van der Waals surface area contributed by atoms with Crippen molar-refractivity contribution in [1.29, 1.82) is 0 Å². The van der Waals surface area contributed by atoms with Crippen LogP contribution in [0.2, 0.25) is 0 Å². The van der Waals surface area contributed by atoms with E-state index < -0.39 is 6.23 Å². The van der Waals surface area contributed by atoms with Crippen LogP contribution in [0.3, 0.4) is 0 Å². The van der Waals surface area contributed by atoms with Crippen LogP contribution in [0.15, 0.2) is 36.4 Å². The maximum Gasteiger partial charge on any atom is 0.169 e. The Morgan fingerprint density at radius 1 is 1.33 bits per heavy atom. The lowest BCUT2D eigenvalue weighted by molar-refractivity contribution is 0.102. The van der Waals surface area contributed by atoms with E-state index in [4.69, 9.17) is 0 Å². The summed E-state index contributed by atoms with van der Waals surface area (Å²) in [7, 11) is 1.70. The molecule has 1 aromatic heterocycles. The first-order valence-corrected chi connectivity index (χ1v) is 6.50. The molecule has 1 aromatic carbocycles. The fourth-order valence-electron chi connectivity index (χ4n) is 1.71. The van der Waals surface area contributed by atoms with Gasteiger partial charge in [-0.3, -0.25) is 10.1 Å². The molecule has 1 atom stereocenters. The molecule has 0 amide bonds. The van der Waals surface area contributed by atoms with Gasteiger partial charge >= 0.3 is 0 Å². The molecule has 94 valence electrons. The molecule has 0 aliphatic carbocycles. The molecule has 2 rings (SSSR count). The van der Waals surface area contributed by atoms with Crippen LogP contribution < -0.4 is 5.32 Å². The Kier molecular flexibility index (Phi) is 3.91. The summed E-state index contributed by atoms with van der Waals surface area (Å²) in [6.45, 7) is 1.57. The summed E-state index contributed by atoms with van der Waals surface area (Å²) < 4.78 is 0. The maximum absolute atomic E-state index is 11.3. The van der Waals surface area contributed by atoms with Gasteiger partial charge in [-0.25, -0.2) is 0 Å². The molecule has 2 N–H and O–H groups in total. The highest BCUT2D eigenvalue weighted by Gasteiger charge is 2.09. The van der Waals surface area contributed by atoms with E-state index in [0.717, 1.165) is 20.9 Å². The van der Waals surface area contributed by atoms with Gasteiger partial charge in [0, 0.05) is 4.88 Å². The lowest BCUT2D eigenvalue weighted by Crippen LogP contribution is -2.14. The van der Waals surface area contributed by atoms with Gasteiger partial charge in [-0.1, -0.05) is 18.2 Å². The topological polar surface area (TPSA) is 49.3 Å². The van der Waals surface area contributed by atoms with Crippen molar-refractivity contribution in [3.05, 3.63) is 46.8 Å². The number of carbonyl (C=O) groups excluding carboxylic acids is 1. The van der Waals surface area contributed by atoms with Crippen molar-refractivity contribution >= 4 is 17.1 Å². The lowest BCUT2D eigenvalue weighted by Gasteiger charge is -2.10. The Balaban J connectivity index is 2.35. The van der Waals surface area contributed by atoms with Gasteiger partial charge in [-0.2, -0.15) is 0 Å². The molecule has 4 heteroatoms. The second-order valence-corrected chi connectivity index (χ2v) is 5.12. The zero-order valence-corrected chi connectivity index (χ0v) is 11.1. The van der Waals surface area contributed by atoms with Crippen molar-refractivity contribution in [2.45, 2.75) is 13.2 Å². The third-order valence-corrected chi connectivity index (χ3v) is 3.95. The lowest BCUT2D eigenvalue weighted by atomic mass is 10.1. The predicted octanol–water partition coefficient (Wildman–Crippen LogP) is 2.83. The first kappa shape index (κ1) is 13.0. The Morgan fingerprint density at radius 3 is 2.72 bits per heavy atom. The number of nitrogens with one attached hydrogen (secondary N) is 1. The van der Waals surface area contributed by atoms with Crippen molar-refractivity contribution in [3.63, 3.8) is 0 Å². The van der Waals surface area contributed by atoms with Gasteiger partial charge in [0.05, 0.1) is 4.88 Å². The number of aliphatic hydroxyl groups excluding tert-OH is 1. The zero-order valence-electron chi connectivity index (χ0n) is 10.3. The van der Waals surface area contributed by atoms with E-state index >= 15 is 0 Å². The normalized spacial score (nSPS) is 12.4. The van der Waals surface area contributed by atoms with Gasteiger partial charge in [-0.05, 0) is 43.3 Å². The first-order chi connectivity index (χ1) is 8.61. The monoisotopic (exact) mass is 261 g/mol. The number of ketones is 1. The SMILES string of the molecule is CNC(O)c1cccc(-c2ccc(C(C)=O)s2)c1. The highest BCUT2D eigenvalue weighted by Crippen LogP contribution is 2.29.